The second kappa shape index (κ2) is 6.32. The van der Waals surface area contributed by atoms with E-state index in [9.17, 15) is 8.42 Å². The first-order chi connectivity index (χ1) is 9.62. The molecule has 20 heavy (non-hydrogen) atoms. The summed E-state index contributed by atoms with van der Waals surface area (Å²) in [6, 6.07) is 0.707. The maximum atomic E-state index is 11.7. The molecule has 0 aromatic heterocycles. The average Bonchev–Trinajstić information content (AvgIpc) is 2.94. The van der Waals surface area contributed by atoms with Gasteiger partial charge in [-0.25, -0.2) is 8.42 Å². The van der Waals surface area contributed by atoms with E-state index in [0.717, 1.165) is 32.4 Å². The van der Waals surface area contributed by atoms with Gasteiger partial charge < -0.3 is 10.1 Å². The van der Waals surface area contributed by atoms with E-state index in [0.29, 0.717) is 35.5 Å². The summed E-state index contributed by atoms with van der Waals surface area (Å²) in [6.07, 6.45) is 8.47. The third kappa shape index (κ3) is 4.18. The van der Waals surface area contributed by atoms with Gasteiger partial charge >= 0.3 is 0 Å². The predicted molar refractivity (Wildman–Crippen MR) is 79.5 cm³/mol. The molecule has 0 spiro atoms. The third-order valence-electron chi connectivity index (χ3n) is 5.06. The summed E-state index contributed by atoms with van der Waals surface area (Å²) in [7, 11) is -2.76. The highest BCUT2D eigenvalue weighted by atomic mass is 32.2. The van der Waals surface area contributed by atoms with Crippen LogP contribution in [0.3, 0.4) is 0 Å². The Bertz CT molecular complexity index is 413. The zero-order chi connectivity index (χ0) is 14.0. The van der Waals surface area contributed by atoms with Crippen LogP contribution in [0.5, 0.6) is 0 Å². The predicted octanol–water partition coefficient (Wildman–Crippen LogP) is 1.75. The first-order valence-corrected chi connectivity index (χ1v) is 10.00. The van der Waals surface area contributed by atoms with E-state index in [4.69, 9.17) is 4.74 Å². The summed E-state index contributed by atoms with van der Waals surface area (Å²) < 4.78 is 29.1. The van der Waals surface area contributed by atoms with Crippen molar-refractivity contribution < 1.29 is 13.2 Å². The molecule has 0 aromatic rings. The molecule has 1 saturated carbocycles. The van der Waals surface area contributed by atoms with Crippen molar-refractivity contribution in [1.29, 1.82) is 0 Å². The fourth-order valence-corrected chi connectivity index (χ4v) is 5.50. The van der Waals surface area contributed by atoms with Crippen molar-refractivity contribution >= 4 is 9.84 Å². The minimum atomic E-state index is -2.76. The van der Waals surface area contributed by atoms with Crippen LogP contribution in [0.4, 0.5) is 0 Å². The molecule has 0 amide bonds. The molecule has 5 heteroatoms. The van der Waals surface area contributed by atoms with Crippen molar-refractivity contribution in [3.8, 4) is 0 Å². The zero-order valence-corrected chi connectivity index (χ0v) is 13.0. The Morgan fingerprint density at radius 1 is 1.20 bits per heavy atom. The van der Waals surface area contributed by atoms with Crippen LogP contribution in [0.25, 0.3) is 0 Å². The summed E-state index contributed by atoms with van der Waals surface area (Å²) in [6.45, 7) is 1.91. The van der Waals surface area contributed by atoms with E-state index in [2.05, 4.69) is 5.32 Å². The molecule has 0 bridgehead atoms. The summed E-state index contributed by atoms with van der Waals surface area (Å²) in [4.78, 5) is 0. The van der Waals surface area contributed by atoms with Crippen LogP contribution in [-0.2, 0) is 14.6 Å². The fraction of sp³-hybridized carbons (Fsp3) is 1.00. The van der Waals surface area contributed by atoms with Crippen LogP contribution in [0.15, 0.2) is 0 Å². The first kappa shape index (κ1) is 14.8. The Morgan fingerprint density at radius 2 is 2.05 bits per heavy atom. The molecule has 3 fully saturated rings. The van der Waals surface area contributed by atoms with Crippen molar-refractivity contribution in [2.75, 3.05) is 24.7 Å². The highest BCUT2D eigenvalue weighted by Crippen LogP contribution is 2.31. The van der Waals surface area contributed by atoms with Gasteiger partial charge in [-0.05, 0) is 63.3 Å². The Morgan fingerprint density at radius 3 is 2.65 bits per heavy atom. The van der Waals surface area contributed by atoms with Crippen LogP contribution < -0.4 is 5.32 Å². The molecule has 2 heterocycles. The van der Waals surface area contributed by atoms with Crippen LogP contribution in [0, 0.1) is 11.8 Å². The van der Waals surface area contributed by atoms with Crippen LogP contribution in [0.1, 0.15) is 44.9 Å². The topological polar surface area (TPSA) is 55.4 Å². The summed E-state index contributed by atoms with van der Waals surface area (Å²) in [5, 5.41) is 3.60. The maximum absolute atomic E-state index is 11.7. The zero-order valence-electron chi connectivity index (χ0n) is 12.2. The summed E-state index contributed by atoms with van der Waals surface area (Å²) in [5.41, 5.74) is 0. The molecule has 1 aliphatic carbocycles. The Kier molecular flexibility index (Phi) is 4.68. The number of sulfone groups is 1. The van der Waals surface area contributed by atoms with Crippen LogP contribution >= 0.6 is 0 Å². The van der Waals surface area contributed by atoms with Crippen LogP contribution in [0.2, 0.25) is 0 Å². The van der Waals surface area contributed by atoms with Gasteiger partial charge in [-0.15, -0.1) is 0 Å². The average molecular weight is 301 g/mol. The molecule has 3 atom stereocenters. The number of hydrogen-bond acceptors (Lipinski definition) is 4. The molecule has 3 aliphatic rings. The molecule has 0 aromatic carbocycles. The first-order valence-electron chi connectivity index (χ1n) is 8.18. The minimum Gasteiger partial charge on any atom is -0.378 e. The van der Waals surface area contributed by atoms with E-state index in [-0.39, 0.29) is 0 Å². The van der Waals surface area contributed by atoms with E-state index in [1.54, 1.807) is 0 Å². The van der Waals surface area contributed by atoms with Gasteiger partial charge in [-0.2, -0.15) is 0 Å². The Labute approximate surface area is 122 Å². The second-order valence-electron chi connectivity index (χ2n) is 6.82. The van der Waals surface area contributed by atoms with Crippen LogP contribution in [-0.4, -0.2) is 45.2 Å². The van der Waals surface area contributed by atoms with Gasteiger partial charge in [-0.1, -0.05) is 0 Å². The highest BCUT2D eigenvalue weighted by Gasteiger charge is 2.34. The lowest BCUT2D eigenvalue weighted by molar-refractivity contribution is 0.0950. The monoisotopic (exact) mass is 301 g/mol. The number of hydrogen-bond donors (Lipinski definition) is 1. The summed E-state index contributed by atoms with van der Waals surface area (Å²) in [5.74, 6) is 1.69. The number of nitrogens with one attached hydrogen (secondary N) is 1. The van der Waals surface area contributed by atoms with E-state index >= 15 is 0 Å². The van der Waals surface area contributed by atoms with Crippen molar-refractivity contribution in [2.24, 2.45) is 11.8 Å². The smallest absolute Gasteiger partial charge is 0.150 e. The fourth-order valence-electron chi connectivity index (χ4n) is 3.58. The van der Waals surface area contributed by atoms with Crippen molar-refractivity contribution in [1.82, 2.24) is 5.32 Å². The Hall–Kier alpha value is -0.130. The molecule has 3 unspecified atom stereocenters. The molecule has 0 radical (unpaired) electrons. The molecule has 1 N–H and O–H groups in total. The second-order valence-corrected chi connectivity index (χ2v) is 9.05. The molecule has 116 valence electrons. The standard InChI is InChI=1S/C15H27NO3S/c17-20(18)9-7-13(11-20)12(10-16-14-4-5-14)3-6-15-2-1-8-19-15/h12-16H,1-11H2. The molecule has 2 saturated heterocycles. The van der Waals surface area contributed by atoms with Crippen molar-refractivity contribution in [3.63, 3.8) is 0 Å². The van der Waals surface area contributed by atoms with E-state index in [1.807, 2.05) is 0 Å². The highest BCUT2D eigenvalue weighted by molar-refractivity contribution is 7.91. The quantitative estimate of drug-likeness (QED) is 0.778. The van der Waals surface area contributed by atoms with Gasteiger partial charge in [0.2, 0.25) is 0 Å². The molecule has 4 nitrogen and oxygen atoms in total. The lowest BCUT2D eigenvalue weighted by atomic mass is 9.86. The maximum Gasteiger partial charge on any atom is 0.150 e. The van der Waals surface area contributed by atoms with Gasteiger partial charge in [-0.3, -0.25) is 0 Å². The van der Waals surface area contributed by atoms with E-state index in [1.165, 1.54) is 25.7 Å². The summed E-state index contributed by atoms with van der Waals surface area (Å²) >= 11 is 0. The SMILES string of the molecule is O=S1(=O)CCC(C(CCC2CCCO2)CNC2CC2)C1. The Balaban J connectivity index is 1.51. The van der Waals surface area contributed by atoms with Gasteiger partial charge in [0.15, 0.2) is 9.84 Å². The number of rotatable bonds is 7. The third-order valence-corrected chi connectivity index (χ3v) is 6.86. The molecule has 3 rings (SSSR count). The van der Waals surface area contributed by atoms with Gasteiger partial charge in [0.05, 0.1) is 17.6 Å². The molecular weight excluding hydrogens is 274 g/mol. The largest absolute Gasteiger partial charge is 0.378 e. The minimum absolute atomic E-state index is 0.368. The molecule has 2 aliphatic heterocycles. The van der Waals surface area contributed by atoms with E-state index < -0.39 is 9.84 Å². The van der Waals surface area contributed by atoms with Crippen molar-refractivity contribution in [2.45, 2.75) is 57.1 Å². The van der Waals surface area contributed by atoms with Gasteiger partial charge in [0, 0.05) is 12.6 Å². The number of ether oxygens (including phenoxy) is 1. The van der Waals surface area contributed by atoms with Gasteiger partial charge in [0.1, 0.15) is 0 Å². The lowest BCUT2D eigenvalue weighted by Crippen LogP contribution is -2.31. The lowest BCUT2D eigenvalue weighted by Gasteiger charge is -2.24. The van der Waals surface area contributed by atoms with Gasteiger partial charge in [0.25, 0.3) is 0 Å². The van der Waals surface area contributed by atoms with Crippen molar-refractivity contribution in [3.05, 3.63) is 0 Å². The molecular formula is C15H27NO3S. The normalized spacial score (nSPS) is 34.4.